The summed E-state index contributed by atoms with van der Waals surface area (Å²) in [5.74, 6) is 0.359. The van der Waals surface area contributed by atoms with Gasteiger partial charge < -0.3 is 4.74 Å². The van der Waals surface area contributed by atoms with Crippen LogP contribution in [0.2, 0.25) is 0 Å². The number of carbonyl (C=O) groups is 1. The Bertz CT molecular complexity index is 1070. The van der Waals surface area contributed by atoms with Crippen molar-refractivity contribution in [2.24, 2.45) is 5.92 Å². The maximum atomic E-state index is 13.1. The van der Waals surface area contributed by atoms with Crippen LogP contribution in [0.25, 0.3) is 10.2 Å². The monoisotopic (exact) mass is 396 g/mol. The first-order valence-electron chi connectivity index (χ1n) is 9.82. The van der Waals surface area contributed by atoms with Gasteiger partial charge in [-0.15, -0.1) is 11.3 Å². The van der Waals surface area contributed by atoms with Crippen molar-refractivity contribution in [2.45, 2.75) is 46.1 Å². The third-order valence-corrected chi connectivity index (χ3v) is 6.42. The molecule has 0 amide bonds. The van der Waals surface area contributed by atoms with E-state index in [9.17, 15) is 9.59 Å². The topological polar surface area (TPSA) is 61.2 Å². The van der Waals surface area contributed by atoms with Gasteiger partial charge in [0.05, 0.1) is 30.4 Å². The Morgan fingerprint density at radius 1 is 1.32 bits per heavy atom. The first kappa shape index (κ1) is 18.9. The summed E-state index contributed by atoms with van der Waals surface area (Å²) in [7, 11) is 0. The molecule has 146 valence electrons. The van der Waals surface area contributed by atoms with Gasteiger partial charge >= 0.3 is 5.97 Å². The van der Waals surface area contributed by atoms with E-state index in [0.29, 0.717) is 24.6 Å². The second-order valence-corrected chi connectivity index (χ2v) is 8.63. The molecule has 2 aromatic heterocycles. The normalized spacial score (nSPS) is 16.1. The summed E-state index contributed by atoms with van der Waals surface area (Å²) in [6.45, 7) is 5.09. The number of aryl methyl sites for hydroxylation is 1. The maximum absolute atomic E-state index is 13.1. The van der Waals surface area contributed by atoms with Crippen molar-refractivity contribution in [3.63, 3.8) is 0 Å². The second kappa shape index (κ2) is 7.87. The average Bonchev–Trinajstić information content (AvgIpc) is 3.07. The van der Waals surface area contributed by atoms with E-state index < -0.39 is 0 Å². The van der Waals surface area contributed by atoms with Gasteiger partial charge in [-0.1, -0.05) is 26.0 Å². The van der Waals surface area contributed by atoms with Gasteiger partial charge in [-0.3, -0.25) is 9.36 Å². The van der Waals surface area contributed by atoms with Crippen LogP contribution < -0.4 is 5.56 Å². The number of benzene rings is 1. The summed E-state index contributed by atoms with van der Waals surface area (Å²) in [4.78, 5) is 31.7. The van der Waals surface area contributed by atoms with Crippen molar-refractivity contribution >= 4 is 27.5 Å². The fourth-order valence-electron chi connectivity index (χ4n) is 3.70. The number of esters is 1. The highest BCUT2D eigenvalue weighted by Crippen LogP contribution is 2.35. The smallest absolute Gasteiger partial charge is 0.338 e. The predicted molar refractivity (Wildman–Crippen MR) is 111 cm³/mol. The van der Waals surface area contributed by atoms with Crippen LogP contribution in [0.4, 0.5) is 0 Å². The van der Waals surface area contributed by atoms with Crippen molar-refractivity contribution in [2.75, 3.05) is 6.61 Å². The standard InChI is InChI=1S/C22H24N2O3S/c1-3-10-27-22(26)16-7-5-15(6-8-16)12-24-13-23-20-19(21(24)25)17-9-4-14(2)11-18(17)28-20/h5-8,13-14H,3-4,9-12H2,1-2H3. The molecular formula is C22H24N2O3S. The van der Waals surface area contributed by atoms with E-state index in [0.717, 1.165) is 41.5 Å². The molecule has 3 aromatic rings. The van der Waals surface area contributed by atoms with E-state index in [1.54, 1.807) is 34.4 Å². The molecule has 2 heterocycles. The summed E-state index contributed by atoms with van der Waals surface area (Å²) >= 11 is 1.67. The number of hydrogen-bond donors (Lipinski definition) is 0. The van der Waals surface area contributed by atoms with Crippen molar-refractivity contribution in [1.82, 2.24) is 9.55 Å². The molecule has 6 heteroatoms. The summed E-state index contributed by atoms with van der Waals surface area (Å²) < 4.78 is 6.82. The molecule has 1 aromatic carbocycles. The lowest BCUT2D eigenvalue weighted by atomic mass is 9.89. The summed E-state index contributed by atoms with van der Waals surface area (Å²) in [5, 5.41) is 0.800. The lowest BCUT2D eigenvalue weighted by Crippen LogP contribution is -2.22. The van der Waals surface area contributed by atoms with Crippen molar-refractivity contribution in [1.29, 1.82) is 0 Å². The van der Waals surface area contributed by atoms with Crippen molar-refractivity contribution < 1.29 is 9.53 Å². The number of aromatic nitrogens is 2. The number of nitrogens with zero attached hydrogens (tertiary/aromatic N) is 2. The Morgan fingerprint density at radius 3 is 2.86 bits per heavy atom. The van der Waals surface area contributed by atoms with Crippen LogP contribution in [0.5, 0.6) is 0 Å². The van der Waals surface area contributed by atoms with E-state index >= 15 is 0 Å². The Labute approximate surface area is 168 Å². The van der Waals surface area contributed by atoms with Crippen molar-refractivity contribution in [3.05, 3.63) is 62.5 Å². The first-order chi connectivity index (χ1) is 13.6. The molecular weight excluding hydrogens is 372 g/mol. The van der Waals surface area contributed by atoms with E-state index in [1.165, 1.54) is 10.4 Å². The van der Waals surface area contributed by atoms with Crippen LogP contribution in [-0.2, 0) is 24.1 Å². The third kappa shape index (κ3) is 3.61. The average molecular weight is 397 g/mol. The lowest BCUT2D eigenvalue weighted by molar-refractivity contribution is 0.0505. The SMILES string of the molecule is CCCOC(=O)c1ccc(Cn2cnc3sc4c(c3c2=O)CCC(C)C4)cc1. The Balaban J connectivity index is 1.59. The molecule has 28 heavy (non-hydrogen) atoms. The summed E-state index contributed by atoms with van der Waals surface area (Å²) in [5.41, 5.74) is 2.72. The molecule has 0 spiro atoms. The molecule has 1 aliphatic rings. The van der Waals surface area contributed by atoms with Gasteiger partial charge in [0.1, 0.15) is 4.83 Å². The molecule has 0 saturated carbocycles. The van der Waals surface area contributed by atoms with Gasteiger partial charge in [0, 0.05) is 4.88 Å². The fourth-order valence-corrected chi connectivity index (χ4v) is 5.04. The summed E-state index contributed by atoms with van der Waals surface area (Å²) in [6, 6.07) is 7.23. The van der Waals surface area contributed by atoms with Gasteiger partial charge in [0.2, 0.25) is 0 Å². The maximum Gasteiger partial charge on any atom is 0.338 e. The highest BCUT2D eigenvalue weighted by atomic mass is 32.1. The number of ether oxygens (including phenoxy) is 1. The number of thiophene rings is 1. The highest BCUT2D eigenvalue weighted by Gasteiger charge is 2.23. The van der Waals surface area contributed by atoms with Crippen LogP contribution >= 0.6 is 11.3 Å². The lowest BCUT2D eigenvalue weighted by Gasteiger charge is -2.17. The fraction of sp³-hybridized carbons (Fsp3) is 0.409. The molecule has 1 aliphatic carbocycles. The zero-order valence-corrected chi connectivity index (χ0v) is 17.1. The largest absolute Gasteiger partial charge is 0.462 e. The van der Waals surface area contributed by atoms with E-state index in [1.807, 2.05) is 19.1 Å². The zero-order valence-electron chi connectivity index (χ0n) is 16.2. The second-order valence-electron chi connectivity index (χ2n) is 7.54. The molecule has 0 saturated heterocycles. The highest BCUT2D eigenvalue weighted by molar-refractivity contribution is 7.18. The molecule has 1 unspecified atom stereocenters. The van der Waals surface area contributed by atoms with Gasteiger partial charge in [0.25, 0.3) is 5.56 Å². The predicted octanol–water partition coefficient (Wildman–Crippen LogP) is 4.20. The minimum absolute atomic E-state index is 0.0310. The minimum atomic E-state index is -0.312. The first-order valence-corrected chi connectivity index (χ1v) is 10.6. The summed E-state index contributed by atoms with van der Waals surface area (Å²) in [6.07, 6.45) is 5.58. The minimum Gasteiger partial charge on any atom is -0.462 e. The third-order valence-electron chi connectivity index (χ3n) is 5.26. The molecule has 5 nitrogen and oxygen atoms in total. The van der Waals surface area contributed by atoms with Gasteiger partial charge in [-0.05, 0) is 54.9 Å². The van der Waals surface area contributed by atoms with Gasteiger partial charge in [-0.25, -0.2) is 9.78 Å². The molecule has 0 bridgehead atoms. The number of hydrogen-bond acceptors (Lipinski definition) is 5. The molecule has 0 aliphatic heterocycles. The molecule has 0 N–H and O–H groups in total. The van der Waals surface area contributed by atoms with Crippen LogP contribution in [-0.4, -0.2) is 22.1 Å². The number of rotatable bonds is 5. The van der Waals surface area contributed by atoms with Crippen LogP contribution in [0.1, 0.15) is 53.1 Å². The molecule has 0 radical (unpaired) electrons. The van der Waals surface area contributed by atoms with Gasteiger partial charge in [-0.2, -0.15) is 0 Å². The van der Waals surface area contributed by atoms with E-state index in [-0.39, 0.29) is 11.5 Å². The Morgan fingerprint density at radius 2 is 2.11 bits per heavy atom. The quantitative estimate of drug-likeness (QED) is 0.607. The number of fused-ring (bicyclic) bond motifs is 3. The Hall–Kier alpha value is -2.47. The number of carbonyl (C=O) groups excluding carboxylic acids is 1. The molecule has 0 fully saturated rings. The molecule has 4 rings (SSSR count). The van der Waals surface area contributed by atoms with Crippen molar-refractivity contribution in [3.8, 4) is 0 Å². The molecule has 1 atom stereocenters. The zero-order chi connectivity index (χ0) is 19.7. The van der Waals surface area contributed by atoms with Crippen LogP contribution in [0, 0.1) is 5.92 Å². The van der Waals surface area contributed by atoms with Gasteiger partial charge in [0.15, 0.2) is 0 Å². The van der Waals surface area contributed by atoms with Crippen LogP contribution in [0.3, 0.4) is 0 Å². The van der Waals surface area contributed by atoms with Crippen LogP contribution in [0.15, 0.2) is 35.4 Å². The van der Waals surface area contributed by atoms with E-state index in [4.69, 9.17) is 4.74 Å². The van der Waals surface area contributed by atoms with E-state index in [2.05, 4.69) is 11.9 Å². The Kier molecular flexibility index (Phi) is 5.31.